The molecule has 1 N–H and O–H groups in total. The van der Waals surface area contributed by atoms with Gasteiger partial charge in [-0.1, -0.05) is 0 Å². The number of ether oxygens (including phenoxy) is 2. The lowest BCUT2D eigenvalue weighted by atomic mass is 10.2. The molecule has 19 heavy (non-hydrogen) atoms. The number of methoxy groups -OCH3 is 1. The normalized spacial score (nSPS) is 10.2. The quantitative estimate of drug-likeness (QED) is 0.639. The Hall–Kier alpha value is -2.30. The van der Waals surface area contributed by atoms with Crippen LogP contribution < -0.4 is 4.74 Å². The van der Waals surface area contributed by atoms with E-state index in [0.29, 0.717) is 12.2 Å². The number of aromatic nitrogens is 2. The third-order valence-corrected chi connectivity index (χ3v) is 2.69. The highest BCUT2D eigenvalue weighted by Crippen LogP contribution is 2.13. The third kappa shape index (κ3) is 3.84. The number of hydrogen-bond acceptors (Lipinski definition) is 4. The molecule has 0 aliphatic rings. The van der Waals surface area contributed by atoms with Gasteiger partial charge in [-0.2, -0.15) is 0 Å². The number of nitrogens with zero attached hydrogens (tertiary/aromatic N) is 1. The van der Waals surface area contributed by atoms with Crippen molar-refractivity contribution in [1.82, 2.24) is 9.97 Å². The Kier molecular flexibility index (Phi) is 4.55. The van der Waals surface area contributed by atoms with Crippen LogP contribution in [-0.2, 0) is 11.2 Å². The fourth-order valence-corrected chi connectivity index (χ4v) is 1.68. The molecule has 0 radical (unpaired) electrons. The fourth-order valence-electron chi connectivity index (χ4n) is 1.68. The smallest absolute Gasteiger partial charge is 0.337 e. The van der Waals surface area contributed by atoms with E-state index in [4.69, 9.17) is 4.74 Å². The maximum atomic E-state index is 11.2. The number of benzene rings is 1. The van der Waals surface area contributed by atoms with Crippen molar-refractivity contribution < 1.29 is 14.3 Å². The molecule has 0 aliphatic heterocycles. The van der Waals surface area contributed by atoms with Crippen LogP contribution in [0.15, 0.2) is 36.8 Å². The number of H-pyrrole nitrogens is 1. The van der Waals surface area contributed by atoms with Crippen molar-refractivity contribution in [3.8, 4) is 5.75 Å². The van der Waals surface area contributed by atoms with E-state index in [1.807, 2.05) is 6.20 Å². The predicted octanol–water partition coefficient (Wildman–Crippen LogP) is 2.21. The summed E-state index contributed by atoms with van der Waals surface area (Å²) in [6.07, 6.45) is 5.29. The van der Waals surface area contributed by atoms with Crippen LogP contribution in [-0.4, -0.2) is 29.7 Å². The zero-order valence-electron chi connectivity index (χ0n) is 10.8. The van der Waals surface area contributed by atoms with Crippen LogP contribution in [0.3, 0.4) is 0 Å². The predicted molar refractivity (Wildman–Crippen MR) is 70.2 cm³/mol. The van der Waals surface area contributed by atoms with E-state index in [1.54, 1.807) is 30.6 Å². The van der Waals surface area contributed by atoms with Crippen LogP contribution >= 0.6 is 0 Å². The summed E-state index contributed by atoms with van der Waals surface area (Å²) < 4.78 is 10.2. The van der Waals surface area contributed by atoms with Gasteiger partial charge in [-0.3, -0.25) is 0 Å². The molecule has 0 atom stereocenters. The molecule has 0 saturated heterocycles. The fraction of sp³-hybridized carbons (Fsp3) is 0.286. The lowest BCUT2D eigenvalue weighted by Crippen LogP contribution is -2.02. The molecular weight excluding hydrogens is 244 g/mol. The first-order valence-electron chi connectivity index (χ1n) is 6.08. The Labute approximate surface area is 111 Å². The molecular formula is C14H16N2O3. The summed E-state index contributed by atoms with van der Waals surface area (Å²) in [5, 5.41) is 0. The first kappa shape index (κ1) is 13.1. The number of imidazole rings is 1. The Morgan fingerprint density at radius 2 is 2.11 bits per heavy atom. The van der Waals surface area contributed by atoms with Gasteiger partial charge in [0.1, 0.15) is 5.75 Å². The zero-order valence-corrected chi connectivity index (χ0v) is 10.8. The number of esters is 1. The minimum absolute atomic E-state index is 0.342. The van der Waals surface area contributed by atoms with Gasteiger partial charge in [-0.15, -0.1) is 0 Å². The lowest BCUT2D eigenvalue weighted by molar-refractivity contribution is 0.0600. The van der Waals surface area contributed by atoms with Gasteiger partial charge < -0.3 is 14.5 Å². The molecule has 5 nitrogen and oxygen atoms in total. The van der Waals surface area contributed by atoms with Gasteiger partial charge in [-0.05, 0) is 37.1 Å². The standard InChI is InChI=1S/C14H16N2O3/c1-18-14(17)11-4-6-13(7-5-11)19-8-2-3-12-9-15-10-16-12/h4-7,9-10H,2-3,8H2,1H3,(H,15,16). The summed E-state index contributed by atoms with van der Waals surface area (Å²) in [6.45, 7) is 0.622. The van der Waals surface area contributed by atoms with E-state index in [0.717, 1.165) is 24.3 Å². The molecule has 2 rings (SSSR count). The Balaban J connectivity index is 1.75. The van der Waals surface area contributed by atoms with E-state index in [2.05, 4.69) is 14.7 Å². The van der Waals surface area contributed by atoms with Gasteiger partial charge in [0, 0.05) is 11.9 Å². The van der Waals surface area contributed by atoms with Crippen LogP contribution in [0.25, 0.3) is 0 Å². The van der Waals surface area contributed by atoms with Crippen molar-refractivity contribution in [1.29, 1.82) is 0 Å². The zero-order chi connectivity index (χ0) is 13.5. The topological polar surface area (TPSA) is 64.2 Å². The second-order valence-corrected chi connectivity index (χ2v) is 4.04. The second kappa shape index (κ2) is 6.58. The molecule has 1 aromatic heterocycles. The SMILES string of the molecule is COC(=O)c1ccc(OCCCc2cnc[nH]2)cc1. The second-order valence-electron chi connectivity index (χ2n) is 4.04. The first-order valence-corrected chi connectivity index (χ1v) is 6.08. The Morgan fingerprint density at radius 3 is 2.74 bits per heavy atom. The van der Waals surface area contributed by atoms with E-state index < -0.39 is 0 Å². The number of carbonyl (C=O) groups excluding carboxylic acids is 1. The van der Waals surface area contributed by atoms with E-state index >= 15 is 0 Å². The van der Waals surface area contributed by atoms with Gasteiger partial charge in [-0.25, -0.2) is 9.78 Å². The molecule has 1 heterocycles. The number of hydrogen-bond donors (Lipinski definition) is 1. The Bertz CT molecular complexity index is 506. The van der Waals surface area contributed by atoms with Gasteiger partial charge in [0.25, 0.3) is 0 Å². The lowest BCUT2D eigenvalue weighted by Gasteiger charge is -2.06. The molecule has 0 saturated carbocycles. The summed E-state index contributed by atoms with van der Waals surface area (Å²) in [6, 6.07) is 6.91. The van der Waals surface area contributed by atoms with Crippen molar-refractivity contribution in [2.75, 3.05) is 13.7 Å². The average molecular weight is 260 g/mol. The summed E-state index contributed by atoms with van der Waals surface area (Å²) in [7, 11) is 1.36. The molecule has 0 bridgehead atoms. The van der Waals surface area contributed by atoms with Crippen LogP contribution in [0.2, 0.25) is 0 Å². The number of aryl methyl sites for hydroxylation is 1. The maximum absolute atomic E-state index is 11.2. The number of rotatable bonds is 6. The van der Waals surface area contributed by atoms with E-state index in [-0.39, 0.29) is 5.97 Å². The highest BCUT2D eigenvalue weighted by Gasteiger charge is 2.04. The van der Waals surface area contributed by atoms with Crippen molar-refractivity contribution in [3.05, 3.63) is 48.0 Å². The summed E-state index contributed by atoms with van der Waals surface area (Å²) in [5.74, 6) is 0.406. The number of aromatic amines is 1. The molecule has 0 amide bonds. The minimum Gasteiger partial charge on any atom is -0.494 e. The molecule has 100 valence electrons. The molecule has 0 unspecified atom stereocenters. The Morgan fingerprint density at radius 1 is 1.32 bits per heavy atom. The van der Waals surface area contributed by atoms with Gasteiger partial charge in [0.15, 0.2) is 0 Å². The van der Waals surface area contributed by atoms with Gasteiger partial charge >= 0.3 is 5.97 Å². The van der Waals surface area contributed by atoms with Crippen molar-refractivity contribution >= 4 is 5.97 Å². The molecule has 0 fully saturated rings. The van der Waals surface area contributed by atoms with Gasteiger partial charge in [0.2, 0.25) is 0 Å². The highest BCUT2D eigenvalue weighted by atomic mass is 16.5. The average Bonchev–Trinajstić information content (AvgIpc) is 2.96. The molecule has 0 spiro atoms. The summed E-state index contributed by atoms with van der Waals surface area (Å²) in [5.41, 5.74) is 1.62. The maximum Gasteiger partial charge on any atom is 0.337 e. The summed E-state index contributed by atoms with van der Waals surface area (Å²) >= 11 is 0. The number of carbonyl (C=O) groups is 1. The third-order valence-electron chi connectivity index (χ3n) is 2.69. The van der Waals surface area contributed by atoms with E-state index in [9.17, 15) is 4.79 Å². The van der Waals surface area contributed by atoms with Crippen LogP contribution in [0.1, 0.15) is 22.5 Å². The van der Waals surface area contributed by atoms with Crippen molar-refractivity contribution in [2.45, 2.75) is 12.8 Å². The van der Waals surface area contributed by atoms with Crippen molar-refractivity contribution in [3.63, 3.8) is 0 Å². The monoisotopic (exact) mass is 260 g/mol. The summed E-state index contributed by atoms with van der Waals surface area (Å²) in [4.78, 5) is 18.2. The van der Waals surface area contributed by atoms with Crippen LogP contribution in [0.5, 0.6) is 5.75 Å². The van der Waals surface area contributed by atoms with Crippen molar-refractivity contribution in [2.24, 2.45) is 0 Å². The molecule has 2 aromatic rings. The highest BCUT2D eigenvalue weighted by molar-refractivity contribution is 5.89. The first-order chi connectivity index (χ1) is 9.29. The molecule has 0 aliphatic carbocycles. The van der Waals surface area contributed by atoms with E-state index in [1.165, 1.54) is 7.11 Å². The van der Waals surface area contributed by atoms with Gasteiger partial charge in [0.05, 0.1) is 25.6 Å². The molecule has 5 heteroatoms. The largest absolute Gasteiger partial charge is 0.494 e. The van der Waals surface area contributed by atoms with Crippen LogP contribution in [0, 0.1) is 0 Å². The van der Waals surface area contributed by atoms with Crippen LogP contribution in [0.4, 0.5) is 0 Å². The molecule has 1 aromatic carbocycles. The number of nitrogens with one attached hydrogen (secondary N) is 1. The minimum atomic E-state index is -0.342.